The van der Waals surface area contributed by atoms with Crippen LogP contribution in [0.4, 0.5) is 0 Å². The summed E-state index contributed by atoms with van der Waals surface area (Å²) in [5.41, 5.74) is 0. The van der Waals surface area contributed by atoms with Gasteiger partial charge in [0, 0.05) is 0 Å². The van der Waals surface area contributed by atoms with E-state index in [0.29, 0.717) is 11.0 Å². The summed E-state index contributed by atoms with van der Waals surface area (Å²) >= 11 is 0. The summed E-state index contributed by atoms with van der Waals surface area (Å²) in [6.45, 7) is 3.43. The Morgan fingerprint density at radius 3 is 1.78 bits per heavy atom. The van der Waals surface area contributed by atoms with Crippen LogP contribution in [-0.2, 0) is 10.1 Å². The van der Waals surface area contributed by atoms with Crippen molar-refractivity contribution in [1.82, 2.24) is 0 Å². The Kier molecular flexibility index (Phi) is 12.1. The van der Waals surface area contributed by atoms with Crippen molar-refractivity contribution in [2.45, 2.75) is 77.2 Å². The van der Waals surface area contributed by atoms with E-state index in [4.69, 9.17) is 0 Å². The molecule has 1 unspecified atom stereocenters. The summed E-state index contributed by atoms with van der Waals surface area (Å²) < 4.78 is 32.5. The predicted octanol–water partition coefficient (Wildman–Crippen LogP) is 2.89. The molecule has 0 aromatic heterocycles. The van der Waals surface area contributed by atoms with Crippen LogP contribution in [0, 0.1) is 0 Å². The van der Waals surface area contributed by atoms with Crippen LogP contribution in [0.1, 0.15) is 71.1 Å². The molecule has 0 aliphatic heterocycles. The lowest BCUT2D eigenvalue weighted by atomic mass is 10.1. The second kappa shape index (κ2) is 12.2. The molecule has 0 saturated heterocycles. The number of nitrogens with zero attached hydrogens (tertiary/aromatic N) is 1. The maximum Gasteiger partial charge on any atom is 0.116 e. The van der Waals surface area contributed by atoms with Crippen molar-refractivity contribution in [2.75, 3.05) is 32.9 Å². The fourth-order valence-corrected chi connectivity index (χ4v) is 3.55. The van der Waals surface area contributed by atoms with Crippen LogP contribution in [0.5, 0.6) is 0 Å². The molecular weight excluding hydrogens is 314 g/mol. The average Bonchev–Trinajstić information content (AvgIpc) is 2.37. The van der Waals surface area contributed by atoms with Gasteiger partial charge >= 0.3 is 0 Å². The first-order valence-electron chi connectivity index (χ1n) is 9.10. The molecule has 0 radical (unpaired) electrons. The number of quaternary nitrogens is 1. The van der Waals surface area contributed by atoms with Crippen molar-refractivity contribution < 1.29 is 22.6 Å². The molecule has 6 heteroatoms. The highest BCUT2D eigenvalue weighted by molar-refractivity contribution is 7.85. The van der Waals surface area contributed by atoms with E-state index < -0.39 is 22.0 Å². The summed E-state index contributed by atoms with van der Waals surface area (Å²) in [4.78, 5) is 0. The first-order valence-corrected chi connectivity index (χ1v) is 10.7. The van der Waals surface area contributed by atoms with Crippen molar-refractivity contribution in [1.29, 1.82) is 0 Å². The summed E-state index contributed by atoms with van der Waals surface area (Å²) in [7, 11) is -0.417. The van der Waals surface area contributed by atoms with Gasteiger partial charge in [-0.1, -0.05) is 58.3 Å². The third-order valence-corrected chi connectivity index (χ3v) is 5.01. The van der Waals surface area contributed by atoms with Gasteiger partial charge in [0.05, 0.1) is 36.5 Å². The van der Waals surface area contributed by atoms with Crippen LogP contribution in [-0.4, -0.2) is 61.6 Å². The number of aliphatic hydroxyl groups is 1. The summed E-state index contributed by atoms with van der Waals surface area (Å²) in [6, 6.07) is 0. The van der Waals surface area contributed by atoms with Gasteiger partial charge in [-0.05, 0) is 12.8 Å². The second-order valence-electron chi connectivity index (χ2n) is 7.40. The molecule has 0 aliphatic rings. The van der Waals surface area contributed by atoms with Gasteiger partial charge in [-0.15, -0.1) is 0 Å². The molecule has 23 heavy (non-hydrogen) atoms. The third-order valence-electron chi connectivity index (χ3n) is 4.22. The van der Waals surface area contributed by atoms with Crippen LogP contribution in [0.25, 0.3) is 0 Å². The lowest BCUT2D eigenvalue weighted by molar-refractivity contribution is -0.893. The van der Waals surface area contributed by atoms with Crippen molar-refractivity contribution in [3.63, 3.8) is 0 Å². The van der Waals surface area contributed by atoms with Gasteiger partial charge in [-0.2, -0.15) is 0 Å². The monoisotopic (exact) mass is 351 g/mol. The Labute approximate surface area is 143 Å². The molecule has 0 fully saturated rings. The Bertz CT molecular complexity index is 382. The highest BCUT2D eigenvalue weighted by Crippen LogP contribution is 2.12. The SMILES string of the molecule is CCCCCCCCCCCC[N+](C)(C)CC(O)CS(=O)(=O)[O-]. The predicted molar refractivity (Wildman–Crippen MR) is 94.3 cm³/mol. The van der Waals surface area contributed by atoms with Crippen molar-refractivity contribution in [3.05, 3.63) is 0 Å². The zero-order chi connectivity index (χ0) is 17.8. The van der Waals surface area contributed by atoms with Gasteiger partial charge in [0.25, 0.3) is 0 Å². The van der Waals surface area contributed by atoms with E-state index in [-0.39, 0.29) is 0 Å². The molecule has 1 N–H and O–H groups in total. The Morgan fingerprint density at radius 1 is 0.913 bits per heavy atom. The van der Waals surface area contributed by atoms with Gasteiger partial charge < -0.3 is 14.1 Å². The lowest BCUT2D eigenvalue weighted by Crippen LogP contribution is -2.47. The van der Waals surface area contributed by atoms with Gasteiger partial charge in [-0.25, -0.2) is 8.42 Å². The minimum absolute atomic E-state index is 0.304. The molecule has 140 valence electrons. The Hall–Kier alpha value is -0.170. The number of hydrogen-bond donors (Lipinski definition) is 1. The van der Waals surface area contributed by atoms with Crippen LogP contribution >= 0.6 is 0 Å². The van der Waals surface area contributed by atoms with E-state index in [2.05, 4.69) is 6.92 Å². The van der Waals surface area contributed by atoms with Gasteiger partial charge in [0.2, 0.25) is 0 Å². The number of likely N-dealkylation sites (N-methyl/N-ethyl adjacent to an activating group) is 1. The van der Waals surface area contributed by atoms with E-state index in [1.165, 1.54) is 57.8 Å². The molecule has 0 spiro atoms. The molecule has 0 saturated carbocycles. The largest absolute Gasteiger partial charge is 0.748 e. The highest BCUT2D eigenvalue weighted by atomic mass is 32.2. The Morgan fingerprint density at radius 2 is 1.35 bits per heavy atom. The average molecular weight is 352 g/mol. The Balaban J connectivity index is 3.62. The fourth-order valence-electron chi connectivity index (χ4n) is 2.98. The molecule has 0 aromatic carbocycles. The van der Waals surface area contributed by atoms with E-state index in [0.717, 1.165) is 13.0 Å². The van der Waals surface area contributed by atoms with Gasteiger partial charge in [0.1, 0.15) is 12.6 Å². The van der Waals surface area contributed by atoms with Crippen LogP contribution in [0.3, 0.4) is 0 Å². The number of hydrogen-bond acceptors (Lipinski definition) is 4. The fraction of sp³-hybridized carbons (Fsp3) is 1.00. The van der Waals surface area contributed by atoms with E-state index in [1.54, 1.807) is 0 Å². The summed E-state index contributed by atoms with van der Waals surface area (Å²) in [5, 5.41) is 9.69. The van der Waals surface area contributed by atoms with Crippen LogP contribution < -0.4 is 0 Å². The first-order chi connectivity index (χ1) is 10.7. The van der Waals surface area contributed by atoms with E-state index in [1.807, 2.05) is 14.1 Å². The maximum absolute atomic E-state index is 10.6. The minimum atomic E-state index is -4.35. The normalized spacial score (nSPS) is 14.1. The molecule has 0 rings (SSSR count). The van der Waals surface area contributed by atoms with E-state index in [9.17, 15) is 18.1 Å². The topological polar surface area (TPSA) is 77.4 Å². The molecule has 0 aliphatic carbocycles. The van der Waals surface area contributed by atoms with E-state index >= 15 is 0 Å². The van der Waals surface area contributed by atoms with Crippen molar-refractivity contribution in [3.8, 4) is 0 Å². The zero-order valence-electron chi connectivity index (χ0n) is 15.3. The van der Waals surface area contributed by atoms with Crippen molar-refractivity contribution >= 4 is 10.1 Å². The number of rotatable bonds is 15. The number of unbranched alkanes of at least 4 members (excludes halogenated alkanes) is 9. The number of aliphatic hydroxyl groups excluding tert-OH is 1. The van der Waals surface area contributed by atoms with Gasteiger partial charge in [-0.3, -0.25) is 0 Å². The molecule has 0 bridgehead atoms. The summed E-state index contributed by atoms with van der Waals surface area (Å²) in [5.74, 6) is -0.688. The standard InChI is InChI=1S/C17H37NO4S/c1-4-5-6-7-8-9-10-11-12-13-14-18(2,3)15-17(19)16-23(20,21)22/h17,19H,4-16H2,1-3H3. The molecule has 5 nitrogen and oxygen atoms in total. The molecular formula is C17H37NO4S. The van der Waals surface area contributed by atoms with Crippen LogP contribution in [0.2, 0.25) is 0 Å². The molecule has 0 aromatic rings. The van der Waals surface area contributed by atoms with Gasteiger partial charge in [0.15, 0.2) is 0 Å². The zero-order valence-corrected chi connectivity index (χ0v) is 16.1. The maximum atomic E-state index is 10.6. The first kappa shape index (κ1) is 22.8. The van der Waals surface area contributed by atoms with Crippen LogP contribution in [0.15, 0.2) is 0 Å². The second-order valence-corrected chi connectivity index (χ2v) is 8.85. The molecule has 0 amide bonds. The molecule has 1 atom stereocenters. The van der Waals surface area contributed by atoms with Crippen molar-refractivity contribution in [2.24, 2.45) is 0 Å². The highest BCUT2D eigenvalue weighted by Gasteiger charge is 2.21. The smallest absolute Gasteiger partial charge is 0.116 e. The third kappa shape index (κ3) is 16.5. The minimum Gasteiger partial charge on any atom is -0.748 e. The molecule has 0 heterocycles. The quantitative estimate of drug-likeness (QED) is 0.279. The lowest BCUT2D eigenvalue weighted by Gasteiger charge is -2.32. The summed E-state index contributed by atoms with van der Waals surface area (Å²) in [6.07, 6.45) is 11.7.